The first-order valence-corrected chi connectivity index (χ1v) is 7.40. The average Bonchev–Trinajstić information content (AvgIpc) is 2.45. The quantitative estimate of drug-likeness (QED) is 0.818. The van der Waals surface area contributed by atoms with Crippen LogP contribution < -0.4 is 15.8 Å². The number of nitrogens with two attached hydrogens (primary N) is 1. The summed E-state index contributed by atoms with van der Waals surface area (Å²) in [6, 6.07) is 13.1. The fourth-order valence-corrected chi connectivity index (χ4v) is 2.43. The number of hydrogen-bond donors (Lipinski definition) is 2. The first-order valence-electron chi connectivity index (χ1n) is 6.23. The van der Waals surface area contributed by atoms with Gasteiger partial charge in [-0.1, -0.05) is 39.7 Å². The van der Waals surface area contributed by atoms with Gasteiger partial charge in [-0.2, -0.15) is 0 Å². The fraction of sp³-hybridized carbons (Fsp3) is 0.133. The minimum Gasteiger partial charge on any atom is -0.484 e. The van der Waals surface area contributed by atoms with E-state index in [0.717, 1.165) is 15.7 Å². The third-order valence-electron chi connectivity index (χ3n) is 2.72. The predicted molar refractivity (Wildman–Crippen MR) is 87.6 cm³/mol. The Morgan fingerprint density at radius 2 is 1.95 bits per heavy atom. The maximum atomic E-state index is 10.6. The van der Waals surface area contributed by atoms with E-state index in [4.69, 9.17) is 22.1 Å². The van der Waals surface area contributed by atoms with Crippen molar-refractivity contribution < 1.29 is 9.53 Å². The molecule has 0 aliphatic heterocycles. The van der Waals surface area contributed by atoms with Crippen LogP contribution in [0.2, 0.25) is 5.02 Å². The Bertz CT molecular complexity index is 632. The number of primary amides is 1. The van der Waals surface area contributed by atoms with Crippen LogP contribution in [0.25, 0.3) is 0 Å². The molecule has 0 aliphatic rings. The number of halogens is 2. The highest BCUT2D eigenvalue weighted by molar-refractivity contribution is 9.10. The van der Waals surface area contributed by atoms with Crippen molar-refractivity contribution in [3.8, 4) is 5.75 Å². The van der Waals surface area contributed by atoms with Gasteiger partial charge in [0.15, 0.2) is 6.61 Å². The van der Waals surface area contributed by atoms with Gasteiger partial charge in [0.05, 0.1) is 10.7 Å². The molecule has 1 amide bonds. The minimum absolute atomic E-state index is 0.119. The van der Waals surface area contributed by atoms with Crippen molar-refractivity contribution in [2.24, 2.45) is 5.73 Å². The van der Waals surface area contributed by atoms with Crippen LogP contribution in [0.3, 0.4) is 0 Å². The van der Waals surface area contributed by atoms with E-state index < -0.39 is 5.91 Å². The van der Waals surface area contributed by atoms with E-state index >= 15 is 0 Å². The number of benzene rings is 2. The van der Waals surface area contributed by atoms with Gasteiger partial charge in [0.25, 0.3) is 5.91 Å². The third kappa shape index (κ3) is 4.95. The van der Waals surface area contributed by atoms with Crippen molar-refractivity contribution in [1.82, 2.24) is 0 Å². The van der Waals surface area contributed by atoms with E-state index in [0.29, 0.717) is 17.3 Å². The highest BCUT2D eigenvalue weighted by Gasteiger charge is 2.02. The molecule has 0 spiro atoms. The molecule has 6 heteroatoms. The van der Waals surface area contributed by atoms with Crippen molar-refractivity contribution in [3.63, 3.8) is 0 Å². The molecule has 110 valence electrons. The zero-order valence-corrected chi connectivity index (χ0v) is 13.4. The lowest BCUT2D eigenvalue weighted by molar-refractivity contribution is -0.119. The smallest absolute Gasteiger partial charge is 0.255 e. The lowest BCUT2D eigenvalue weighted by Crippen LogP contribution is -2.19. The van der Waals surface area contributed by atoms with Crippen LogP contribution in [0.1, 0.15) is 5.56 Å². The molecule has 0 heterocycles. The van der Waals surface area contributed by atoms with Gasteiger partial charge >= 0.3 is 0 Å². The molecule has 0 bridgehead atoms. The summed E-state index contributed by atoms with van der Waals surface area (Å²) in [4.78, 5) is 10.6. The van der Waals surface area contributed by atoms with Gasteiger partial charge in [-0.15, -0.1) is 0 Å². The Labute approximate surface area is 136 Å². The number of carbonyl (C=O) groups excluding carboxylic acids is 1. The Kier molecular flexibility index (Phi) is 5.47. The van der Waals surface area contributed by atoms with Gasteiger partial charge in [0.1, 0.15) is 5.75 Å². The topological polar surface area (TPSA) is 64.4 Å². The van der Waals surface area contributed by atoms with Crippen LogP contribution in [-0.2, 0) is 11.3 Å². The van der Waals surface area contributed by atoms with E-state index in [9.17, 15) is 4.79 Å². The summed E-state index contributed by atoms with van der Waals surface area (Å²) >= 11 is 9.50. The maximum Gasteiger partial charge on any atom is 0.255 e. The van der Waals surface area contributed by atoms with Gasteiger partial charge in [-0.3, -0.25) is 4.79 Å². The first kappa shape index (κ1) is 15.7. The number of rotatable bonds is 6. The molecule has 4 nitrogen and oxygen atoms in total. The Morgan fingerprint density at radius 1 is 1.24 bits per heavy atom. The summed E-state index contributed by atoms with van der Waals surface area (Å²) in [6.07, 6.45) is 0. The third-order valence-corrected chi connectivity index (χ3v) is 3.52. The monoisotopic (exact) mass is 368 g/mol. The number of amides is 1. The van der Waals surface area contributed by atoms with E-state index in [-0.39, 0.29) is 6.61 Å². The molecule has 2 rings (SSSR count). The van der Waals surface area contributed by atoms with Gasteiger partial charge in [0.2, 0.25) is 0 Å². The zero-order valence-electron chi connectivity index (χ0n) is 11.1. The summed E-state index contributed by atoms with van der Waals surface area (Å²) in [5.74, 6) is 0.116. The Morgan fingerprint density at radius 3 is 2.57 bits per heavy atom. The summed E-state index contributed by atoms with van der Waals surface area (Å²) in [6.45, 7) is 0.517. The summed E-state index contributed by atoms with van der Waals surface area (Å²) in [5.41, 5.74) is 6.96. The largest absolute Gasteiger partial charge is 0.484 e. The van der Waals surface area contributed by atoms with Crippen LogP contribution in [0.5, 0.6) is 5.75 Å². The number of carbonyl (C=O) groups is 1. The van der Waals surface area contributed by atoms with Crippen LogP contribution >= 0.6 is 27.5 Å². The van der Waals surface area contributed by atoms with Crippen molar-refractivity contribution >= 4 is 39.1 Å². The zero-order chi connectivity index (χ0) is 15.2. The summed E-state index contributed by atoms with van der Waals surface area (Å²) in [5, 5.41) is 3.92. The van der Waals surface area contributed by atoms with Crippen molar-refractivity contribution in [2.45, 2.75) is 6.54 Å². The summed E-state index contributed by atoms with van der Waals surface area (Å²) < 4.78 is 6.14. The first-order chi connectivity index (χ1) is 10.0. The standard InChI is InChI=1S/C15H14BrClN2O2/c16-11-3-6-14(13(17)7-11)19-8-10-1-4-12(5-2-10)21-9-15(18)20/h1-7,19H,8-9H2,(H2,18,20). The van der Waals surface area contributed by atoms with Gasteiger partial charge in [0, 0.05) is 11.0 Å². The van der Waals surface area contributed by atoms with Crippen molar-refractivity contribution in [3.05, 3.63) is 57.5 Å². The van der Waals surface area contributed by atoms with Gasteiger partial charge in [-0.25, -0.2) is 0 Å². The van der Waals surface area contributed by atoms with E-state index in [1.807, 2.05) is 30.3 Å². The van der Waals surface area contributed by atoms with E-state index in [1.54, 1.807) is 12.1 Å². The van der Waals surface area contributed by atoms with E-state index in [2.05, 4.69) is 21.2 Å². The lowest BCUT2D eigenvalue weighted by atomic mass is 10.2. The second-order valence-electron chi connectivity index (χ2n) is 4.38. The molecule has 2 aromatic rings. The normalized spacial score (nSPS) is 10.2. The molecule has 0 atom stereocenters. The number of hydrogen-bond acceptors (Lipinski definition) is 3. The van der Waals surface area contributed by atoms with Crippen LogP contribution in [-0.4, -0.2) is 12.5 Å². The maximum absolute atomic E-state index is 10.6. The van der Waals surface area contributed by atoms with Crippen LogP contribution in [0.15, 0.2) is 46.9 Å². The predicted octanol–water partition coefficient (Wildman–Crippen LogP) is 3.58. The number of nitrogens with one attached hydrogen (secondary N) is 1. The molecular weight excluding hydrogens is 356 g/mol. The number of ether oxygens (including phenoxy) is 1. The van der Waals surface area contributed by atoms with Crippen LogP contribution in [0.4, 0.5) is 5.69 Å². The average molecular weight is 370 g/mol. The lowest BCUT2D eigenvalue weighted by Gasteiger charge is -2.09. The molecule has 0 fully saturated rings. The van der Waals surface area contributed by atoms with Gasteiger partial charge in [-0.05, 0) is 35.9 Å². The molecule has 0 unspecified atom stereocenters. The van der Waals surface area contributed by atoms with Crippen molar-refractivity contribution in [1.29, 1.82) is 0 Å². The minimum atomic E-state index is -0.495. The van der Waals surface area contributed by atoms with Gasteiger partial charge < -0.3 is 15.8 Å². The molecule has 0 saturated heterocycles. The highest BCUT2D eigenvalue weighted by atomic mass is 79.9. The Hall–Kier alpha value is -1.72. The highest BCUT2D eigenvalue weighted by Crippen LogP contribution is 2.26. The molecule has 0 aromatic heterocycles. The molecule has 0 saturated carbocycles. The molecule has 0 radical (unpaired) electrons. The SMILES string of the molecule is NC(=O)COc1ccc(CNc2ccc(Br)cc2Cl)cc1. The summed E-state index contributed by atoms with van der Waals surface area (Å²) in [7, 11) is 0. The molecular formula is C15H14BrClN2O2. The number of anilines is 1. The second-order valence-corrected chi connectivity index (χ2v) is 5.70. The molecule has 3 N–H and O–H groups in total. The second kappa shape index (κ2) is 7.33. The molecule has 2 aromatic carbocycles. The van der Waals surface area contributed by atoms with Crippen molar-refractivity contribution in [2.75, 3.05) is 11.9 Å². The fourth-order valence-electron chi connectivity index (χ4n) is 1.69. The molecule has 21 heavy (non-hydrogen) atoms. The Balaban J connectivity index is 1.92. The van der Waals surface area contributed by atoms with Crippen LogP contribution in [0, 0.1) is 0 Å². The van der Waals surface area contributed by atoms with E-state index in [1.165, 1.54) is 0 Å². The molecule has 0 aliphatic carbocycles.